The van der Waals surface area contributed by atoms with Crippen LogP contribution in [0.4, 0.5) is 0 Å². The summed E-state index contributed by atoms with van der Waals surface area (Å²) in [5.41, 5.74) is 6.89. The van der Waals surface area contributed by atoms with Crippen LogP contribution in [0.5, 0.6) is 0 Å². The lowest BCUT2D eigenvalue weighted by Gasteiger charge is -2.02. The zero-order valence-corrected chi connectivity index (χ0v) is 8.38. The number of carbonyl (C=O) groups excluding carboxylic acids is 1. The molecule has 0 radical (unpaired) electrons. The molecule has 0 aliphatic rings. The van der Waals surface area contributed by atoms with E-state index in [9.17, 15) is 4.79 Å². The first-order chi connectivity index (χ1) is 6.00. The Hall–Kier alpha value is -1.03. The molecule has 0 aromatic carbocycles. The Morgan fingerprint density at radius 1 is 1.85 bits per heavy atom. The normalized spacial score (nSPS) is 12.8. The minimum absolute atomic E-state index is 0.441. The number of nitrogens with two attached hydrogens (primary N) is 1. The summed E-state index contributed by atoms with van der Waals surface area (Å²) in [6, 6.07) is 0. The lowest BCUT2D eigenvalue weighted by atomic mass is 10.1. The van der Waals surface area contributed by atoms with E-state index in [1.54, 1.807) is 4.68 Å². The highest BCUT2D eigenvalue weighted by molar-refractivity contribution is 6.30. The van der Waals surface area contributed by atoms with E-state index in [4.69, 9.17) is 17.3 Å². The van der Waals surface area contributed by atoms with E-state index in [2.05, 4.69) is 5.10 Å². The average molecular weight is 202 g/mol. The molecular weight excluding hydrogens is 190 g/mol. The standard InChI is InChI=1S/C8H12ClN3O/c1-5-6(4-12(2)11-5)3-7(9)8(10)13/h4,7H,3H2,1-2H3,(H2,10,13). The topological polar surface area (TPSA) is 60.9 Å². The van der Waals surface area contributed by atoms with Crippen LogP contribution in [0.2, 0.25) is 0 Å². The van der Waals surface area contributed by atoms with Crippen LogP contribution in [0, 0.1) is 6.92 Å². The van der Waals surface area contributed by atoms with Gasteiger partial charge in [-0.3, -0.25) is 9.48 Å². The third-order valence-corrected chi connectivity index (χ3v) is 2.19. The SMILES string of the molecule is Cc1nn(C)cc1CC(Cl)C(N)=O. The third-order valence-electron chi connectivity index (χ3n) is 1.82. The van der Waals surface area contributed by atoms with Crippen molar-refractivity contribution >= 4 is 17.5 Å². The minimum Gasteiger partial charge on any atom is -0.368 e. The summed E-state index contributed by atoms with van der Waals surface area (Å²) in [4.78, 5) is 10.7. The summed E-state index contributed by atoms with van der Waals surface area (Å²) in [6.07, 6.45) is 2.28. The van der Waals surface area contributed by atoms with E-state index in [0.717, 1.165) is 11.3 Å². The molecule has 0 aliphatic carbocycles. The number of nitrogens with zero attached hydrogens (tertiary/aromatic N) is 2. The molecule has 13 heavy (non-hydrogen) atoms. The summed E-state index contributed by atoms with van der Waals surface area (Å²) < 4.78 is 1.69. The molecule has 5 heteroatoms. The molecule has 0 saturated heterocycles. The second-order valence-electron chi connectivity index (χ2n) is 2.99. The number of primary amides is 1. The molecule has 1 rings (SSSR count). The Morgan fingerprint density at radius 3 is 2.85 bits per heavy atom. The summed E-state index contributed by atoms with van der Waals surface area (Å²) in [5.74, 6) is -0.495. The summed E-state index contributed by atoms with van der Waals surface area (Å²) in [7, 11) is 1.82. The van der Waals surface area contributed by atoms with Crippen molar-refractivity contribution in [1.82, 2.24) is 9.78 Å². The molecule has 1 amide bonds. The van der Waals surface area contributed by atoms with Crippen LogP contribution >= 0.6 is 11.6 Å². The average Bonchev–Trinajstić information content (AvgIpc) is 2.30. The zero-order chi connectivity index (χ0) is 10.0. The molecule has 0 spiro atoms. The first kappa shape index (κ1) is 10.1. The van der Waals surface area contributed by atoms with Gasteiger partial charge >= 0.3 is 0 Å². The molecule has 0 fully saturated rings. The number of rotatable bonds is 3. The first-order valence-corrected chi connectivity index (χ1v) is 4.37. The van der Waals surface area contributed by atoms with Crippen molar-refractivity contribution < 1.29 is 4.79 Å². The van der Waals surface area contributed by atoms with Gasteiger partial charge in [-0.25, -0.2) is 0 Å². The molecule has 1 heterocycles. The quantitative estimate of drug-likeness (QED) is 0.718. The number of amides is 1. The maximum atomic E-state index is 10.7. The van der Waals surface area contributed by atoms with Crippen LogP contribution in [0.15, 0.2) is 6.20 Å². The fourth-order valence-electron chi connectivity index (χ4n) is 1.14. The van der Waals surface area contributed by atoms with Crippen molar-refractivity contribution in [3.05, 3.63) is 17.5 Å². The van der Waals surface area contributed by atoms with Crippen LogP contribution in [0.25, 0.3) is 0 Å². The van der Waals surface area contributed by atoms with Crippen LogP contribution in [0.1, 0.15) is 11.3 Å². The van der Waals surface area contributed by atoms with Crippen molar-refractivity contribution in [2.24, 2.45) is 12.8 Å². The highest BCUT2D eigenvalue weighted by atomic mass is 35.5. The molecule has 0 bridgehead atoms. The lowest BCUT2D eigenvalue weighted by molar-refractivity contribution is -0.117. The molecule has 2 N–H and O–H groups in total. The fourth-order valence-corrected chi connectivity index (χ4v) is 1.31. The van der Waals surface area contributed by atoms with Crippen LogP contribution in [0.3, 0.4) is 0 Å². The van der Waals surface area contributed by atoms with Crippen molar-refractivity contribution in [1.29, 1.82) is 0 Å². The Balaban J connectivity index is 2.74. The van der Waals surface area contributed by atoms with Gasteiger partial charge in [0.25, 0.3) is 0 Å². The van der Waals surface area contributed by atoms with Crippen LogP contribution < -0.4 is 5.73 Å². The molecule has 72 valence electrons. The van der Waals surface area contributed by atoms with Gasteiger partial charge in [-0.15, -0.1) is 11.6 Å². The molecular formula is C8H12ClN3O. The molecule has 4 nitrogen and oxygen atoms in total. The minimum atomic E-state index is -0.650. The molecule has 1 unspecified atom stereocenters. The van der Waals surface area contributed by atoms with Gasteiger partial charge in [0.15, 0.2) is 0 Å². The maximum absolute atomic E-state index is 10.7. The third kappa shape index (κ3) is 2.45. The largest absolute Gasteiger partial charge is 0.368 e. The molecule has 1 aromatic heterocycles. The number of carbonyl (C=O) groups is 1. The Kier molecular flexibility index (Phi) is 2.93. The van der Waals surface area contributed by atoms with Gasteiger partial charge in [0.05, 0.1) is 5.69 Å². The number of hydrogen-bond acceptors (Lipinski definition) is 2. The maximum Gasteiger partial charge on any atom is 0.235 e. The van der Waals surface area contributed by atoms with E-state index in [-0.39, 0.29) is 0 Å². The smallest absolute Gasteiger partial charge is 0.235 e. The van der Waals surface area contributed by atoms with Crippen LogP contribution in [-0.2, 0) is 18.3 Å². The Labute approximate surface area is 81.7 Å². The Morgan fingerprint density at radius 2 is 2.46 bits per heavy atom. The zero-order valence-electron chi connectivity index (χ0n) is 7.62. The summed E-state index contributed by atoms with van der Waals surface area (Å²) in [6.45, 7) is 1.87. The summed E-state index contributed by atoms with van der Waals surface area (Å²) >= 11 is 5.72. The number of halogens is 1. The highest BCUT2D eigenvalue weighted by Crippen LogP contribution is 2.10. The molecule has 1 atom stereocenters. The van der Waals surface area contributed by atoms with Crippen molar-refractivity contribution in [3.63, 3.8) is 0 Å². The number of hydrogen-bond donors (Lipinski definition) is 1. The number of aromatic nitrogens is 2. The van der Waals surface area contributed by atoms with Gasteiger partial charge in [-0.1, -0.05) is 0 Å². The predicted molar refractivity (Wildman–Crippen MR) is 50.5 cm³/mol. The van der Waals surface area contributed by atoms with Crippen molar-refractivity contribution in [2.75, 3.05) is 0 Å². The van der Waals surface area contributed by atoms with Crippen LogP contribution in [-0.4, -0.2) is 21.1 Å². The van der Waals surface area contributed by atoms with Crippen molar-refractivity contribution in [3.8, 4) is 0 Å². The van der Waals surface area contributed by atoms with E-state index in [1.165, 1.54) is 0 Å². The van der Waals surface area contributed by atoms with Gasteiger partial charge in [-0.2, -0.15) is 5.10 Å². The molecule has 0 saturated carbocycles. The second kappa shape index (κ2) is 3.79. The van der Waals surface area contributed by atoms with Gasteiger partial charge < -0.3 is 5.73 Å². The fraction of sp³-hybridized carbons (Fsp3) is 0.500. The Bertz CT molecular complexity index is 321. The summed E-state index contributed by atoms with van der Waals surface area (Å²) in [5, 5.41) is 3.48. The monoisotopic (exact) mass is 201 g/mol. The van der Waals surface area contributed by atoms with E-state index in [1.807, 2.05) is 20.2 Å². The highest BCUT2D eigenvalue weighted by Gasteiger charge is 2.14. The van der Waals surface area contributed by atoms with Gasteiger partial charge in [0.2, 0.25) is 5.91 Å². The lowest BCUT2D eigenvalue weighted by Crippen LogP contribution is -2.25. The van der Waals surface area contributed by atoms with Gasteiger partial charge in [0.1, 0.15) is 5.38 Å². The van der Waals surface area contributed by atoms with E-state index < -0.39 is 11.3 Å². The van der Waals surface area contributed by atoms with Gasteiger partial charge in [-0.05, 0) is 12.5 Å². The molecule has 1 aromatic rings. The van der Waals surface area contributed by atoms with E-state index in [0.29, 0.717) is 6.42 Å². The number of aryl methyl sites for hydroxylation is 2. The second-order valence-corrected chi connectivity index (χ2v) is 3.51. The van der Waals surface area contributed by atoms with Gasteiger partial charge in [0, 0.05) is 19.7 Å². The van der Waals surface area contributed by atoms with Crippen molar-refractivity contribution in [2.45, 2.75) is 18.7 Å². The number of alkyl halides is 1. The van der Waals surface area contributed by atoms with E-state index >= 15 is 0 Å². The predicted octanol–water partition coefficient (Wildman–Crippen LogP) is 0.364. The molecule has 0 aliphatic heterocycles. The first-order valence-electron chi connectivity index (χ1n) is 3.93.